The lowest BCUT2D eigenvalue weighted by Gasteiger charge is -2.31. The van der Waals surface area contributed by atoms with Gasteiger partial charge in [0.2, 0.25) is 0 Å². The van der Waals surface area contributed by atoms with Gasteiger partial charge < -0.3 is 10.0 Å². The zero-order valence-electron chi connectivity index (χ0n) is 19.9. The van der Waals surface area contributed by atoms with Crippen LogP contribution in [0.3, 0.4) is 0 Å². The molecule has 1 heterocycles. The van der Waals surface area contributed by atoms with Crippen LogP contribution in [-0.4, -0.2) is 6.67 Å². The summed E-state index contributed by atoms with van der Waals surface area (Å²) in [5.41, 5.74) is 7.58. The van der Waals surface area contributed by atoms with Crippen LogP contribution in [0.2, 0.25) is 0 Å². The van der Waals surface area contributed by atoms with Gasteiger partial charge in [0.15, 0.2) is 6.67 Å². The van der Waals surface area contributed by atoms with Gasteiger partial charge in [-0.1, -0.05) is 91.8 Å². The Kier molecular flexibility index (Phi) is 6.62. The lowest BCUT2D eigenvalue weighted by Crippen LogP contribution is -3.02. The Bertz CT molecular complexity index is 872. The lowest BCUT2D eigenvalue weighted by molar-refractivity contribution is -0.769. The second-order valence-corrected chi connectivity index (χ2v) is 9.81. The monoisotopic (exact) mass is 406 g/mol. The predicted molar refractivity (Wildman–Crippen MR) is 125 cm³/mol. The zero-order chi connectivity index (χ0) is 22.2. The number of benzene rings is 2. The topological polar surface area (TPSA) is 30.7 Å². The Balaban J connectivity index is 2.12. The number of rotatable bonds is 6. The summed E-state index contributed by atoms with van der Waals surface area (Å²) in [5.74, 6) is 1.67. The highest BCUT2D eigenvalue weighted by molar-refractivity contribution is 5.65. The van der Waals surface area contributed by atoms with E-state index in [1.54, 1.807) is 0 Å². The summed E-state index contributed by atoms with van der Waals surface area (Å²) >= 11 is 0. The molecule has 0 aromatic heterocycles. The molecule has 0 bridgehead atoms. The average molecular weight is 407 g/mol. The standard InChI is InChI=1S/C27H38N2O/c1-17(2)21-11-9-12-22(18(3)4)26(21)28-15-25(30)29(16-28)27-23(19(5)6)13-10-14-24(27)20(7)8/h9-15,17-20,30H,16H2,1-8H3. The van der Waals surface area contributed by atoms with Crippen molar-refractivity contribution in [2.24, 2.45) is 0 Å². The molecule has 0 aliphatic carbocycles. The smallest absolute Gasteiger partial charge is 0.165 e. The van der Waals surface area contributed by atoms with Crippen molar-refractivity contribution in [3.63, 3.8) is 0 Å². The number of quaternary nitrogens is 1. The fourth-order valence-corrected chi connectivity index (χ4v) is 4.61. The van der Waals surface area contributed by atoms with E-state index in [4.69, 9.17) is 0 Å². The third kappa shape index (κ3) is 4.13. The van der Waals surface area contributed by atoms with Crippen LogP contribution in [0.15, 0.2) is 48.5 Å². The molecule has 1 N–H and O–H groups in total. The molecule has 3 heteroatoms. The molecule has 1 unspecified atom stereocenters. The molecule has 30 heavy (non-hydrogen) atoms. The minimum atomic E-state index is 0.105. The van der Waals surface area contributed by atoms with E-state index >= 15 is 0 Å². The van der Waals surface area contributed by atoms with Gasteiger partial charge in [-0.2, -0.15) is 0 Å². The molecule has 1 atom stereocenters. The van der Waals surface area contributed by atoms with E-state index < -0.39 is 0 Å². The van der Waals surface area contributed by atoms with Crippen LogP contribution in [0.1, 0.15) is 101 Å². The first-order chi connectivity index (χ1) is 14.1. The van der Waals surface area contributed by atoms with Crippen LogP contribution < -0.4 is 14.9 Å². The van der Waals surface area contributed by atoms with Crippen LogP contribution >= 0.6 is 0 Å². The molecule has 0 saturated heterocycles. The molecule has 1 aliphatic rings. The van der Waals surface area contributed by atoms with Gasteiger partial charge in [-0.05, 0) is 34.8 Å². The third-order valence-electron chi connectivity index (χ3n) is 6.20. The fraction of sp³-hybridized carbons (Fsp3) is 0.481. The summed E-state index contributed by atoms with van der Waals surface area (Å²) in [7, 11) is 0. The SMILES string of the molecule is CC(C)c1cccc(C(C)C)c1N1C[NH+](c2c(C(C)C)cccc2C(C)C)C=C1[O-]. The van der Waals surface area contributed by atoms with Crippen LogP contribution in [-0.2, 0) is 0 Å². The summed E-state index contributed by atoms with van der Waals surface area (Å²) in [6.07, 6.45) is 1.88. The minimum absolute atomic E-state index is 0.105. The highest BCUT2D eigenvalue weighted by Crippen LogP contribution is 2.37. The van der Waals surface area contributed by atoms with Gasteiger partial charge in [-0.25, -0.2) is 0 Å². The predicted octanol–water partition coefficient (Wildman–Crippen LogP) is 5.33. The quantitative estimate of drug-likeness (QED) is 0.702. The van der Waals surface area contributed by atoms with Crippen molar-refractivity contribution in [1.29, 1.82) is 0 Å². The normalized spacial score (nSPS) is 17.0. The first-order valence-corrected chi connectivity index (χ1v) is 11.4. The maximum atomic E-state index is 13.3. The van der Waals surface area contributed by atoms with Gasteiger partial charge in [-0.3, -0.25) is 4.90 Å². The highest BCUT2D eigenvalue weighted by atomic mass is 16.3. The molecular formula is C27H38N2O. The van der Waals surface area contributed by atoms with Crippen molar-refractivity contribution in [1.82, 2.24) is 0 Å². The Morgan fingerprint density at radius 1 is 0.700 bits per heavy atom. The summed E-state index contributed by atoms with van der Waals surface area (Å²) in [6, 6.07) is 13.1. The Morgan fingerprint density at radius 3 is 1.50 bits per heavy atom. The molecule has 162 valence electrons. The lowest BCUT2D eigenvalue weighted by atomic mass is 9.91. The summed E-state index contributed by atoms with van der Waals surface area (Å²) in [5, 5.41) is 13.3. The number of nitrogens with zero attached hydrogens (tertiary/aromatic N) is 1. The van der Waals surface area contributed by atoms with Crippen molar-refractivity contribution in [3.8, 4) is 0 Å². The second kappa shape index (κ2) is 8.85. The second-order valence-electron chi connectivity index (χ2n) is 9.81. The van der Waals surface area contributed by atoms with Gasteiger partial charge in [0, 0.05) is 17.0 Å². The van der Waals surface area contributed by atoms with Crippen molar-refractivity contribution in [2.75, 3.05) is 11.6 Å². The first-order valence-electron chi connectivity index (χ1n) is 11.4. The van der Waals surface area contributed by atoms with Gasteiger partial charge in [0.1, 0.15) is 11.9 Å². The molecule has 0 fully saturated rings. The van der Waals surface area contributed by atoms with Crippen molar-refractivity contribution in [3.05, 3.63) is 70.7 Å². The molecule has 2 aromatic carbocycles. The molecule has 0 saturated carbocycles. The van der Waals surface area contributed by atoms with E-state index in [9.17, 15) is 5.11 Å². The molecule has 2 aromatic rings. The maximum Gasteiger partial charge on any atom is 0.165 e. The first kappa shape index (κ1) is 22.4. The van der Waals surface area contributed by atoms with Gasteiger partial charge in [-0.15, -0.1) is 0 Å². The number of anilines is 1. The van der Waals surface area contributed by atoms with Crippen molar-refractivity contribution < 1.29 is 10.0 Å². The summed E-state index contributed by atoms with van der Waals surface area (Å²) in [6.45, 7) is 18.4. The van der Waals surface area contributed by atoms with Gasteiger partial charge in [0.05, 0.1) is 5.69 Å². The van der Waals surface area contributed by atoms with Crippen molar-refractivity contribution >= 4 is 11.4 Å². The Labute approximate surface area is 183 Å². The number of para-hydroxylation sites is 2. The maximum absolute atomic E-state index is 13.3. The summed E-state index contributed by atoms with van der Waals surface area (Å²) < 4.78 is 0. The number of hydrogen-bond acceptors (Lipinski definition) is 2. The molecule has 0 radical (unpaired) electrons. The fourth-order valence-electron chi connectivity index (χ4n) is 4.61. The minimum Gasteiger partial charge on any atom is -0.856 e. The molecule has 3 nitrogen and oxygen atoms in total. The third-order valence-corrected chi connectivity index (χ3v) is 6.20. The molecule has 0 amide bonds. The molecule has 0 spiro atoms. The average Bonchev–Trinajstić information content (AvgIpc) is 3.07. The van der Waals surface area contributed by atoms with E-state index in [2.05, 4.69) is 91.8 Å². The van der Waals surface area contributed by atoms with Crippen LogP contribution in [0.5, 0.6) is 0 Å². The Hall–Kier alpha value is -2.26. The summed E-state index contributed by atoms with van der Waals surface area (Å²) in [4.78, 5) is 3.17. The largest absolute Gasteiger partial charge is 0.856 e. The molecule has 3 rings (SSSR count). The van der Waals surface area contributed by atoms with Crippen LogP contribution in [0.25, 0.3) is 0 Å². The highest BCUT2D eigenvalue weighted by Gasteiger charge is 2.31. The van der Waals surface area contributed by atoms with E-state index in [1.165, 1.54) is 27.9 Å². The number of hydrogen-bond donors (Lipinski definition) is 1. The Morgan fingerprint density at radius 2 is 1.10 bits per heavy atom. The molecule has 1 aliphatic heterocycles. The number of nitrogens with one attached hydrogen (secondary N) is 1. The van der Waals surface area contributed by atoms with Crippen molar-refractivity contribution in [2.45, 2.75) is 79.1 Å². The van der Waals surface area contributed by atoms with E-state index in [0.29, 0.717) is 30.3 Å². The van der Waals surface area contributed by atoms with E-state index in [1.807, 2.05) is 11.1 Å². The molecular weight excluding hydrogens is 368 g/mol. The van der Waals surface area contributed by atoms with Gasteiger partial charge >= 0.3 is 0 Å². The van der Waals surface area contributed by atoms with Crippen LogP contribution in [0.4, 0.5) is 11.4 Å². The van der Waals surface area contributed by atoms with E-state index in [-0.39, 0.29) is 5.88 Å². The zero-order valence-corrected chi connectivity index (χ0v) is 19.9. The van der Waals surface area contributed by atoms with Gasteiger partial charge in [0.25, 0.3) is 0 Å². The van der Waals surface area contributed by atoms with E-state index in [0.717, 1.165) is 10.6 Å². The van der Waals surface area contributed by atoms with Crippen LogP contribution in [0, 0.1) is 0 Å².